The Labute approximate surface area is 181 Å². The number of ether oxygens (including phenoxy) is 1. The van der Waals surface area contributed by atoms with Gasteiger partial charge in [-0.2, -0.15) is 4.31 Å². The van der Waals surface area contributed by atoms with Gasteiger partial charge in [-0.25, -0.2) is 18.4 Å². The lowest BCUT2D eigenvalue weighted by molar-refractivity contribution is 0.384. The Kier molecular flexibility index (Phi) is 5.90. The third-order valence-corrected chi connectivity index (χ3v) is 7.14. The Balaban J connectivity index is 1.49. The minimum atomic E-state index is -3.57. The van der Waals surface area contributed by atoms with Crippen LogP contribution in [0, 0.1) is 0 Å². The van der Waals surface area contributed by atoms with Gasteiger partial charge >= 0.3 is 0 Å². The molecule has 3 aromatic rings. The van der Waals surface area contributed by atoms with Crippen molar-refractivity contribution in [3.63, 3.8) is 0 Å². The number of nitrogens with zero attached hydrogens (tertiary/aromatic N) is 4. The number of rotatable bonds is 5. The number of methoxy groups -OCH3 is 1. The second-order valence-corrected chi connectivity index (χ2v) is 9.22. The molecule has 0 aliphatic carbocycles. The first kappa shape index (κ1) is 20.6. The number of piperazine rings is 1. The minimum Gasteiger partial charge on any atom is -0.497 e. The van der Waals surface area contributed by atoms with Crippen molar-refractivity contribution in [3.05, 3.63) is 65.9 Å². The zero-order valence-electron chi connectivity index (χ0n) is 16.4. The predicted octanol–water partition coefficient (Wildman–Crippen LogP) is 3.32. The molecule has 0 spiro atoms. The monoisotopic (exact) mass is 444 g/mol. The highest BCUT2D eigenvalue weighted by Gasteiger charge is 2.29. The van der Waals surface area contributed by atoms with Crippen LogP contribution < -0.4 is 9.64 Å². The van der Waals surface area contributed by atoms with Crippen molar-refractivity contribution in [2.45, 2.75) is 4.90 Å². The molecule has 0 amide bonds. The second kappa shape index (κ2) is 8.59. The van der Waals surface area contributed by atoms with Gasteiger partial charge in [-0.3, -0.25) is 0 Å². The lowest BCUT2D eigenvalue weighted by Gasteiger charge is -2.34. The van der Waals surface area contributed by atoms with Gasteiger partial charge in [-0.05, 0) is 30.3 Å². The van der Waals surface area contributed by atoms with E-state index in [0.29, 0.717) is 31.2 Å². The van der Waals surface area contributed by atoms with Crippen LogP contribution in [0.3, 0.4) is 0 Å². The highest BCUT2D eigenvalue weighted by molar-refractivity contribution is 7.89. The molecule has 1 fully saturated rings. The van der Waals surface area contributed by atoms with Crippen molar-refractivity contribution in [2.75, 3.05) is 38.2 Å². The first-order chi connectivity index (χ1) is 14.5. The maximum absolute atomic E-state index is 12.9. The van der Waals surface area contributed by atoms with Crippen molar-refractivity contribution in [1.82, 2.24) is 14.3 Å². The summed E-state index contributed by atoms with van der Waals surface area (Å²) < 4.78 is 32.6. The van der Waals surface area contributed by atoms with E-state index in [1.165, 1.54) is 16.7 Å². The number of sulfonamides is 1. The SMILES string of the molecule is COc1cccc(-c2cc(N3CCN(S(=O)(=O)c4cccc(Cl)c4)CC3)ncn2)c1. The Morgan fingerprint density at radius 1 is 0.967 bits per heavy atom. The largest absolute Gasteiger partial charge is 0.497 e. The Hall–Kier alpha value is -2.68. The molecule has 2 heterocycles. The average Bonchev–Trinajstić information content (AvgIpc) is 2.79. The van der Waals surface area contributed by atoms with Gasteiger partial charge in [-0.1, -0.05) is 29.8 Å². The normalized spacial score (nSPS) is 15.2. The molecule has 7 nitrogen and oxygen atoms in total. The molecule has 156 valence electrons. The Morgan fingerprint density at radius 2 is 1.73 bits per heavy atom. The summed E-state index contributed by atoms with van der Waals surface area (Å²) in [6, 6.07) is 15.9. The first-order valence-corrected chi connectivity index (χ1v) is 11.3. The summed E-state index contributed by atoms with van der Waals surface area (Å²) in [5, 5.41) is 0.403. The second-order valence-electron chi connectivity index (χ2n) is 6.84. The van der Waals surface area contributed by atoms with E-state index in [1.54, 1.807) is 25.3 Å². The lowest BCUT2D eigenvalue weighted by Crippen LogP contribution is -2.48. The molecule has 1 aliphatic heterocycles. The van der Waals surface area contributed by atoms with Crippen LogP contribution in [0.25, 0.3) is 11.3 Å². The van der Waals surface area contributed by atoms with Crippen LogP contribution in [0.1, 0.15) is 0 Å². The highest BCUT2D eigenvalue weighted by atomic mass is 35.5. The number of hydrogen-bond acceptors (Lipinski definition) is 6. The Bertz CT molecular complexity index is 1150. The smallest absolute Gasteiger partial charge is 0.243 e. The number of benzene rings is 2. The van der Waals surface area contributed by atoms with E-state index in [9.17, 15) is 8.42 Å². The van der Waals surface area contributed by atoms with Crippen LogP contribution in [0.4, 0.5) is 5.82 Å². The van der Waals surface area contributed by atoms with Gasteiger partial charge in [-0.15, -0.1) is 0 Å². The summed E-state index contributed by atoms with van der Waals surface area (Å²) >= 11 is 5.96. The van der Waals surface area contributed by atoms with Crippen molar-refractivity contribution >= 4 is 27.4 Å². The lowest BCUT2D eigenvalue weighted by atomic mass is 10.1. The summed E-state index contributed by atoms with van der Waals surface area (Å²) in [4.78, 5) is 11.0. The number of aromatic nitrogens is 2. The first-order valence-electron chi connectivity index (χ1n) is 9.44. The predicted molar refractivity (Wildman–Crippen MR) is 116 cm³/mol. The zero-order valence-corrected chi connectivity index (χ0v) is 18.0. The Morgan fingerprint density at radius 3 is 2.47 bits per heavy atom. The highest BCUT2D eigenvalue weighted by Crippen LogP contribution is 2.26. The zero-order chi connectivity index (χ0) is 21.1. The molecule has 1 saturated heterocycles. The molecule has 1 aromatic heterocycles. The van der Waals surface area contributed by atoms with E-state index in [-0.39, 0.29) is 4.90 Å². The van der Waals surface area contributed by atoms with Crippen LogP contribution >= 0.6 is 11.6 Å². The van der Waals surface area contributed by atoms with Gasteiger partial charge in [0.15, 0.2) is 0 Å². The molecular weight excluding hydrogens is 424 g/mol. The fourth-order valence-electron chi connectivity index (χ4n) is 3.39. The van der Waals surface area contributed by atoms with Gasteiger partial charge in [0.2, 0.25) is 10.0 Å². The summed E-state index contributed by atoms with van der Waals surface area (Å²) in [6.45, 7) is 1.81. The minimum absolute atomic E-state index is 0.214. The van der Waals surface area contributed by atoms with Crippen LogP contribution in [0.2, 0.25) is 5.02 Å². The van der Waals surface area contributed by atoms with E-state index < -0.39 is 10.0 Å². The van der Waals surface area contributed by atoms with E-state index >= 15 is 0 Å². The molecule has 9 heteroatoms. The quantitative estimate of drug-likeness (QED) is 0.601. The molecule has 0 bridgehead atoms. The van der Waals surface area contributed by atoms with Crippen LogP contribution in [-0.2, 0) is 10.0 Å². The van der Waals surface area contributed by atoms with E-state index in [0.717, 1.165) is 22.8 Å². The van der Waals surface area contributed by atoms with Crippen molar-refractivity contribution in [3.8, 4) is 17.0 Å². The summed E-state index contributed by atoms with van der Waals surface area (Å²) in [5.41, 5.74) is 1.72. The van der Waals surface area contributed by atoms with Crippen LogP contribution in [0.5, 0.6) is 5.75 Å². The van der Waals surface area contributed by atoms with E-state index in [2.05, 4.69) is 14.9 Å². The molecular formula is C21H21ClN4O3S. The topological polar surface area (TPSA) is 75.6 Å². The van der Waals surface area contributed by atoms with Crippen LogP contribution in [0.15, 0.2) is 65.8 Å². The maximum atomic E-state index is 12.9. The third kappa shape index (κ3) is 4.26. The van der Waals surface area contributed by atoms with E-state index in [4.69, 9.17) is 16.3 Å². The molecule has 0 atom stereocenters. The molecule has 0 radical (unpaired) electrons. The summed E-state index contributed by atoms with van der Waals surface area (Å²) in [6.07, 6.45) is 1.53. The summed E-state index contributed by atoms with van der Waals surface area (Å²) in [5.74, 6) is 1.52. The van der Waals surface area contributed by atoms with Crippen molar-refractivity contribution in [2.24, 2.45) is 0 Å². The number of halogens is 1. The van der Waals surface area contributed by atoms with Gasteiger partial charge in [0.25, 0.3) is 0 Å². The van der Waals surface area contributed by atoms with Crippen molar-refractivity contribution in [1.29, 1.82) is 0 Å². The van der Waals surface area contributed by atoms with Gasteiger partial charge in [0.1, 0.15) is 17.9 Å². The van der Waals surface area contributed by atoms with E-state index in [1.807, 2.05) is 30.3 Å². The summed E-state index contributed by atoms with van der Waals surface area (Å²) in [7, 11) is -1.95. The molecule has 1 aliphatic rings. The van der Waals surface area contributed by atoms with Gasteiger partial charge in [0, 0.05) is 42.8 Å². The maximum Gasteiger partial charge on any atom is 0.243 e. The van der Waals surface area contributed by atoms with Gasteiger partial charge in [0.05, 0.1) is 17.7 Å². The third-order valence-electron chi connectivity index (χ3n) is 5.01. The van der Waals surface area contributed by atoms with Gasteiger partial charge < -0.3 is 9.64 Å². The molecule has 0 unspecified atom stereocenters. The molecule has 2 aromatic carbocycles. The number of hydrogen-bond donors (Lipinski definition) is 0. The molecule has 4 rings (SSSR count). The molecule has 0 saturated carbocycles. The number of anilines is 1. The van der Waals surface area contributed by atoms with Crippen LogP contribution in [-0.4, -0.2) is 56.0 Å². The fourth-order valence-corrected chi connectivity index (χ4v) is 5.12. The fraction of sp³-hybridized carbons (Fsp3) is 0.238. The molecule has 0 N–H and O–H groups in total. The van der Waals surface area contributed by atoms with Crippen molar-refractivity contribution < 1.29 is 13.2 Å². The molecule has 30 heavy (non-hydrogen) atoms. The average molecular weight is 445 g/mol. The standard InChI is InChI=1S/C21H21ClN4O3S/c1-29-18-6-2-4-16(12-18)20-14-21(24-15-23-20)25-8-10-26(11-9-25)30(27,28)19-7-3-5-17(22)13-19/h2-7,12-15H,8-11H2,1H3.